The van der Waals surface area contributed by atoms with Crippen molar-refractivity contribution < 1.29 is 4.79 Å². The predicted molar refractivity (Wildman–Crippen MR) is 110 cm³/mol. The van der Waals surface area contributed by atoms with Gasteiger partial charge >= 0.3 is 0 Å². The topological polar surface area (TPSA) is 51.0 Å². The second-order valence-corrected chi connectivity index (χ2v) is 8.85. The zero-order chi connectivity index (χ0) is 19.1. The highest BCUT2D eigenvalue weighted by atomic mass is 32.2. The first kappa shape index (κ1) is 18.5. The minimum absolute atomic E-state index is 0.147. The van der Waals surface area contributed by atoms with E-state index in [1.54, 1.807) is 18.7 Å². The van der Waals surface area contributed by atoms with Gasteiger partial charge in [0.25, 0.3) is 0 Å². The molecule has 0 radical (unpaired) electrons. The Morgan fingerprint density at radius 3 is 2.48 bits per heavy atom. The summed E-state index contributed by atoms with van der Waals surface area (Å²) in [4.78, 5) is 14.5. The van der Waals surface area contributed by atoms with E-state index in [2.05, 4.69) is 39.6 Å². The van der Waals surface area contributed by atoms with Crippen molar-refractivity contribution in [3.63, 3.8) is 0 Å². The molecule has 6 heteroatoms. The molecule has 144 valence electrons. The average Bonchev–Trinajstić information content (AvgIpc) is 3.13. The standard InChI is InChI=1S/C21H28N4OS/c1-13-11-14(2)19(16(4)26)15(3)18(13)12-27-21-23-22-20(24-9-5-6-10-24)25(21)17-7-8-17/h11,17H,5-10,12H2,1-4H3. The maximum absolute atomic E-state index is 12.1. The predicted octanol–water partition coefficient (Wildman–Crippen LogP) is 4.63. The average molecular weight is 385 g/mol. The van der Waals surface area contributed by atoms with Gasteiger partial charge in [-0.3, -0.25) is 9.36 Å². The highest BCUT2D eigenvalue weighted by Crippen LogP contribution is 2.42. The van der Waals surface area contributed by atoms with Gasteiger partial charge in [0.1, 0.15) is 0 Å². The van der Waals surface area contributed by atoms with Crippen LogP contribution in [0.3, 0.4) is 0 Å². The van der Waals surface area contributed by atoms with Crippen LogP contribution in [0.1, 0.15) is 71.3 Å². The third kappa shape index (κ3) is 3.51. The molecule has 1 saturated carbocycles. The lowest BCUT2D eigenvalue weighted by atomic mass is 9.92. The van der Waals surface area contributed by atoms with Crippen molar-refractivity contribution in [1.82, 2.24) is 14.8 Å². The van der Waals surface area contributed by atoms with Gasteiger partial charge in [-0.15, -0.1) is 10.2 Å². The lowest BCUT2D eigenvalue weighted by Gasteiger charge is -2.18. The molecular formula is C21H28N4OS. The summed E-state index contributed by atoms with van der Waals surface area (Å²) in [6, 6.07) is 2.70. The molecule has 0 N–H and O–H groups in total. The van der Waals surface area contributed by atoms with Gasteiger partial charge in [-0.05, 0) is 75.6 Å². The van der Waals surface area contributed by atoms with E-state index in [-0.39, 0.29) is 5.78 Å². The van der Waals surface area contributed by atoms with Crippen LogP contribution in [0.2, 0.25) is 0 Å². The molecule has 0 unspecified atom stereocenters. The SMILES string of the molecule is CC(=O)c1c(C)cc(C)c(CSc2nnc(N3CCCC3)n2C2CC2)c1C. The molecule has 2 aromatic rings. The Bertz CT molecular complexity index is 879. The summed E-state index contributed by atoms with van der Waals surface area (Å²) >= 11 is 1.75. The van der Waals surface area contributed by atoms with Crippen LogP contribution < -0.4 is 4.90 Å². The second kappa shape index (κ2) is 7.30. The molecular weight excluding hydrogens is 356 g/mol. The number of Topliss-reactive ketones (excluding diaryl/α,β-unsaturated/α-hetero) is 1. The molecule has 1 aliphatic heterocycles. The number of thioether (sulfide) groups is 1. The molecule has 2 aliphatic rings. The fourth-order valence-electron chi connectivity index (χ4n) is 4.28. The van der Waals surface area contributed by atoms with Crippen molar-refractivity contribution in [3.8, 4) is 0 Å². The normalized spacial score (nSPS) is 17.0. The molecule has 0 atom stereocenters. The minimum atomic E-state index is 0.147. The van der Waals surface area contributed by atoms with Crippen molar-refractivity contribution in [2.75, 3.05) is 18.0 Å². The van der Waals surface area contributed by atoms with Gasteiger partial charge in [-0.1, -0.05) is 17.8 Å². The zero-order valence-corrected chi connectivity index (χ0v) is 17.5. The number of hydrogen-bond donors (Lipinski definition) is 0. The van der Waals surface area contributed by atoms with E-state index >= 15 is 0 Å². The highest BCUT2D eigenvalue weighted by Gasteiger charge is 2.32. The van der Waals surface area contributed by atoms with E-state index < -0.39 is 0 Å². The van der Waals surface area contributed by atoms with Crippen LogP contribution in [0.15, 0.2) is 11.2 Å². The van der Waals surface area contributed by atoms with Crippen LogP contribution in [-0.2, 0) is 5.75 Å². The smallest absolute Gasteiger partial charge is 0.228 e. The number of carbonyl (C=O) groups is 1. The molecule has 1 aromatic carbocycles. The number of ketones is 1. The Hall–Kier alpha value is -1.82. The Morgan fingerprint density at radius 1 is 1.15 bits per heavy atom. The largest absolute Gasteiger partial charge is 0.341 e. The fraction of sp³-hybridized carbons (Fsp3) is 0.571. The Balaban J connectivity index is 1.61. The first-order chi connectivity index (χ1) is 13.0. The molecule has 0 spiro atoms. The highest BCUT2D eigenvalue weighted by molar-refractivity contribution is 7.98. The summed E-state index contributed by atoms with van der Waals surface area (Å²) in [5, 5.41) is 10.1. The van der Waals surface area contributed by atoms with Crippen molar-refractivity contribution in [2.24, 2.45) is 0 Å². The summed E-state index contributed by atoms with van der Waals surface area (Å²) in [5.74, 6) is 2.02. The first-order valence-corrected chi connectivity index (χ1v) is 10.9. The zero-order valence-electron chi connectivity index (χ0n) is 16.7. The van der Waals surface area contributed by atoms with Crippen molar-refractivity contribution >= 4 is 23.5 Å². The summed E-state index contributed by atoms with van der Waals surface area (Å²) in [6.45, 7) is 10.1. The molecule has 4 rings (SSSR count). The van der Waals surface area contributed by atoms with Crippen LogP contribution in [-0.4, -0.2) is 33.6 Å². The number of aromatic nitrogens is 3. The molecule has 2 heterocycles. The van der Waals surface area contributed by atoms with Crippen LogP contribution in [0, 0.1) is 20.8 Å². The lowest BCUT2D eigenvalue weighted by Crippen LogP contribution is -2.22. The number of rotatable bonds is 6. The monoisotopic (exact) mass is 384 g/mol. The molecule has 1 saturated heterocycles. The third-order valence-corrected chi connectivity index (χ3v) is 6.75. The lowest BCUT2D eigenvalue weighted by molar-refractivity contribution is 0.101. The summed E-state index contributed by atoms with van der Waals surface area (Å²) in [7, 11) is 0. The van der Waals surface area contributed by atoms with E-state index in [1.807, 2.05) is 6.92 Å². The van der Waals surface area contributed by atoms with Gasteiger partial charge in [0.15, 0.2) is 10.9 Å². The van der Waals surface area contributed by atoms with Gasteiger partial charge in [0.2, 0.25) is 5.95 Å². The fourth-order valence-corrected chi connectivity index (χ4v) is 5.47. The summed E-state index contributed by atoms with van der Waals surface area (Å²) < 4.78 is 2.36. The molecule has 0 amide bonds. The molecule has 5 nitrogen and oxygen atoms in total. The van der Waals surface area contributed by atoms with Crippen molar-refractivity contribution in [3.05, 3.63) is 33.9 Å². The first-order valence-electron chi connectivity index (χ1n) is 9.90. The van der Waals surface area contributed by atoms with Gasteiger partial charge < -0.3 is 4.90 Å². The van der Waals surface area contributed by atoms with Crippen molar-refractivity contribution in [1.29, 1.82) is 0 Å². The van der Waals surface area contributed by atoms with Gasteiger partial charge in [-0.25, -0.2) is 0 Å². The van der Waals surface area contributed by atoms with E-state index in [1.165, 1.54) is 36.8 Å². The number of nitrogens with zero attached hydrogens (tertiary/aromatic N) is 4. The summed E-state index contributed by atoms with van der Waals surface area (Å²) in [5.41, 5.74) is 5.56. The molecule has 1 aromatic heterocycles. The van der Waals surface area contributed by atoms with Crippen LogP contribution >= 0.6 is 11.8 Å². The molecule has 27 heavy (non-hydrogen) atoms. The Morgan fingerprint density at radius 2 is 1.85 bits per heavy atom. The molecule has 1 aliphatic carbocycles. The van der Waals surface area contributed by atoms with Gasteiger partial charge in [-0.2, -0.15) is 0 Å². The second-order valence-electron chi connectivity index (χ2n) is 7.91. The number of hydrogen-bond acceptors (Lipinski definition) is 5. The van der Waals surface area contributed by atoms with Gasteiger partial charge in [0.05, 0.1) is 0 Å². The van der Waals surface area contributed by atoms with E-state index in [0.29, 0.717) is 6.04 Å². The quantitative estimate of drug-likeness (QED) is 0.537. The Kier molecular flexibility index (Phi) is 5.01. The van der Waals surface area contributed by atoms with E-state index in [4.69, 9.17) is 0 Å². The number of benzene rings is 1. The van der Waals surface area contributed by atoms with E-state index in [9.17, 15) is 4.79 Å². The van der Waals surface area contributed by atoms with E-state index in [0.717, 1.165) is 46.6 Å². The van der Waals surface area contributed by atoms with Crippen LogP contribution in [0.4, 0.5) is 5.95 Å². The third-order valence-electron chi connectivity index (χ3n) is 5.78. The number of carbonyl (C=O) groups excluding carboxylic acids is 1. The maximum Gasteiger partial charge on any atom is 0.228 e. The minimum Gasteiger partial charge on any atom is -0.341 e. The van der Waals surface area contributed by atoms with Gasteiger partial charge in [0, 0.05) is 30.4 Å². The summed E-state index contributed by atoms with van der Waals surface area (Å²) in [6.07, 6.45) is 4.94. The Labute approximate surface area is 165 Å². The molecule has 0 bridgehead atoms. The van der Waals surface area contributed by atoms with Crippen LogP contribution in [0.5, 0.6) is 0 Å². The van der Waals surface area contributed by atoms with Crippen LogP contribution in [0.25, 0.3) is 0 Å². The number of aryl methyl sites for hydroxylation is 2. The van der Waals surface area contributed by atoms with Crippen molar-refractivity contribution in [2.45, 2.75) is 70.3 Å². The number of anilines is 1. The molecule has 2 fully saturated rings. The maximum atomic E-state index is 12.1.